The van der Waals surface area contributed by atoms with E-state index >= 15 is 0 Å². The van der Waals surface area contributed by atoms with E-state index in [0.717, 1.165) is 34.5 Å². The molecule has 0 saturated heterocycles. The van der Waals surface area contributed by atoms with Crippen LogP contribution in [-0.2, 0) is 15.8 Å². The van der Waals surface area contributed by atoms with E-state index in [2.05, 4.69) is 15.5 Å². The summed E-state index contributed by atoms with van der Waals surface area (Å²) in [5.41, 5.74) is -0.582. The largest absolute Gasteiger partial charge is 0.497 e. The maximum absolute atomic E-state index is 13.1. The van der Waals surface area contributed by atoms with E-state index in [1.54, 1.807) is 29.9 Å². The van der Waals surface area contributed by atoms with E-state index in [1.165, 1.54) is 25.5 Å². The summed E-state index contributed by atoms with van der Waals surface area (Å²) < 4.78 is 46.1. The Kier molecular flexibility index (Phi) is 7.59. The van der Waals surface area contributed by atoms with E-state index < -0.39 is 30.1 Å². The standard InChI is InChI=1S/C21H20F3N5O3S/c1-28(11-18(30)26-17-9-4-3-8-16(17)21(22,23)24)19(31)12-33-20-27-25-13-29(20)14-6-5-7-15(10-14)32-2/h3-10,13H,11-12H2,1-2H3,(H,26,30). The van der Waals surface area contributed by atoms with E-state index in [1.807, 2.05) is 6.07 Å². The Labute approximate surface area is 191 Å². The summed E-state index contributed by atoms with van der Waals surface area (Å²) in [5, 5.41) is 10.5. The molecule has 0 saturated carbocycles. The molecule has 1 N–H and O–H groups in total. The Morgan fingerprint density at radius 1 is 1.18 bits per heavy atom. The van der Waals surface area contributed by atoms with Gasteiger partial charge in [0.15, 0.2) is 5.16 Å². The van der Waals surface area contributed by atoms with Crippen LogP contribution in [0.3, 0.4) is 0 Å². The molecule has 0 atom stereocenters. The van der Waals surface area contributed by atoms with Gasteiger partial charge in [-0.1, -0.05) is 30.0 Å². The van der Waals surface area contributed by atoms with Gasteiger partial charge in [-0.05, 0) is 24.3 Å². The molecule has 0 aliphatic heterocycles. The van der Waals surface area contributed by atoms with E-state index in [-0.39, 0.29) is 11.4 Å². The first kappa shape index (κ1) is 24.1. The number of alkyl halides is 3. The molecular formula is C21H20F3N5O3S. The van der Waals surface area contributed by atoms with Gasteiger partial charge in [-0.3, -0.25) is 14.2 Å². The zero-order chi connectivity index (χ0) is 24.0. The molecule has 1 aromatic heterocycles. The maximum Gasteiger partial charge on any atom is 0.418 e. The molecule has 2 aromatic carbocycles. The van der Waals surface area contributed by atoms with E-state index in [4.69, 9.17) is 4.74 Å². The van der Waals surface area contributed by atoms with Crippen molar-refractivity contribution in [3.63, 3.8) is 0 Å². The van der Waals surface area contributed by atoms with Gasteiger partial charge >= 0.3 is 6.18 Å². The van der Waals surface area contributed by atoms with Gasteiger partial charge in [0.1, 0.15) is 12.1 Å². The second-order valence-electron chi connectivity index (χ2n) is 6.81. The van der Waals surface area contributed by atoms with Crippen LogP contribution >= 0.6 is 11.8 Å². The lowest BCUT2D eigenvalue weighted by molar-refractivity contribution is -0.137. The molecule has 3 aromatic rings. The summed E-state index contributed by atoms with van der Waals surface area (Å²) >= 11 is 1.11. The van der Waals surface area contributed by atoms with Gasteiger partial charge in [0.25, 0.3) is 0 Å². The molecule has 0 fully saturated rings. The lowest BCUT2D eigenvalue weighted by Gasteiger charge is -2.18. The number of nitrogens with one attached hydrogen (secondary N) is 1. The van der Waals surface area contributed by atoms with Crippen molar-refractivity contribution in [1.82, 2.24) is 19.7 Å². The number of amides is 2. The fraction of sp³-hybridized carbons (Fsp3) is 0.238. The summed E-state index contributed by atoms with van der Waals surface area (Å²) in [7, 11) is 2.94. The van der Waals surface area contributed by atoms with Gasteiger partial charge in [0.2, 0.25) is 11.8 Å². The molecule has 1 heterocycles. The number of carbonyl (C=O) groups excluding carboxylic acids is 2. The molecular weight excluding hydrogens is 459 g/mol. The lowest BCUT2D eigenvalue weighted by atomic mass is 10.1. The zero-order valence-corrected chi connectivity index (χ0v) is 18.5. The summed E-state index contributed by atoms with van der Waals surface area (Å²) in [6.07, 6.45) is -3.11. The number of ether oxygens (including phenoxy) is 1. The molecule has 33 heavy (non-hydrogen) atoms. The molecule has 174 valence electrons. The molecule has 0 spiro atoms. The van der Waals surface area contributed by atoms with Crippen molar-refractivity contribution in [2.24, 2.45) is 0 Å². The number of likely N-dealkylation sites (N-methyl/N-ethyl adjacent to an activating group) is 1. The molecule has 3 rings (SSSR count). The SMILES string of the molecule is COc1cccc(-n2cnnc2SCC(=O)N(C)CC(=O)Nc2ccccc2C(F)(F)F)c1. The van der Waals surface area contributed by atoms with Crippen molar-refractivity contribution in [2.75, 3.05) is 31.8 Å². The average Bonchev–Trinajstić information content (AvgIpc) is 3.25. The van der Waals surface area contributed by atoms with Crippen LogP contribution in [0.5, 0.6) is 5.75 Å². The Morgan fingerprint density at radius 3 is 2.67 bits per heavy atom. The molecule has 2 amide bonds. The first-order valence-electron chi connectivity index (χ1n) is 9.56. The number of rotatable bonds is 8. The average molecular weight is 479 g/mol. The highest BCUT2D eigenvalue weighted by atomic mass is 32.2. The van der Waals surface area contributed by atoms with Crippen LogP contribution in [0.25, 0.3) is 5.69 Å². The second kappa shape index (κ2) is 10.4. The number of anilines is 1. The molecule has 0 radical (unpaired) electrons. The maximum atomic E-state index is 13.1. The highest BCUT2D eigenvalue weighted by Gasteiger charge is 2.33. The zero-order valence-electron chi connectivity index (χ0n) is 17.7. The predicted octanol–water partition coefficient (Wildman–Crippen LogP) is 3.48. The number of para-hydroxylation sites is 1. The third kappa shape index (κ3) is 6.25. The third-order valence-electron chi connectivity index (χ3n) is 4.49. The number of thioether (sulfide) groups is 1. The molecule has 0 unspecified atom stereocenters. The number of aromatic nitrogens is 3. The normalized spacial score (nSPS) is 11.2. The summed E-state index contributed by atoms with van der Waals surface area (Å²) in [5.74, 6) is -0.552. The number of methoxy groups -OCH3 is 1. The van der Waals surface area contributed by atoms with Crippen LogP contribution in [0.15, 0.2) is 60.0 Å². The lowest BCUT2D eigenvalue weighted by Crippen LogP contribution is -2.36. The summed E-state index contributed by atoms with van der Waals surface area (Å²) in [4.78, 5) is 25.8. The number of benzene rings is 2. The van der Waals surface area contributed by atoms with E-state index in [9.17, 15) is 22.8 Å². The third-order valence-corrected chi connectivity index (χ3v) is 5.41. The summed E-state index contributed by atoms with van der Waals surface area (Å²) in [6.45, 7) is -0.409. The topological polar surface area (TPSA) is 89.3 Å². The number of carbonyl (C=O) groups is 2. The van der Waals surface area contributed by atoms with Crippen LogP contribution < -0.4 is 10.1 Å². The highest BCUT2D eigenvalue weighted by molar-refractivity contribution is 7.99. The van der Waals surface area contributed by atoms with Crippen molar-refractivity contribution in [3.05, 3.63) is 60.4 Å². The number of nitrogens with zero attached hydrogens (tertiary/aromatic N) is 4. The fourth-order valence-corrected chi connectivity index (χ4v) is 3.70. The van der Waals surface area contributed by atoms with Gasteiger partial charge in [0, 0.05) is 13.1 Å². The highest BCUT2D eigenvalue weighted by Crippen LogP contribution is 2.34. The summed E-state index contributed by atoms with van der Waals surface area (Å²) in [6, 6.07) is 11.8. The van der Waals surface area contributed by atoms with Crippen LogP contribution in [-0.4, -0.2) is 57.9 Å². The van der Waals surface area contributed by atoms with Gasteiger partial charge < -0.3 is 15.0 Å². The van der Waals surface area contributed by atoms with Crippen molar-refractivity contribution in [2.45, 2.75) is 11.3 Å². The van der Waals surface area contributed by atoms with Crippen molar-refractivity contribution in [1.29, 1.82) is 0 Å². The number of halogens is 3. The molecule has 0 aliphatic rings. The van der Waals surface area contributed by atoms with Gasteiger partial charge in [-0.15, -0.1) is 10.2 Å². The van der Waals surface area contributed by atoms with Crippen LogP contribution in [0.4, 0.5) is 18.9 Å². The quantitative estimate of drug-likeness (QED) is 0.498. The van der Waals surface area contributed by atoms with Crippen molar-refractivity contribution >= 4 is 29.3 Å². The van der Waals surface area contributed by atoms with E-state index in [0.29, 0.717) is 10.9 Å². The molecule has 0 aliphatic carbocycles. The number of hydrogen-bond acceptors (Lipinski definition) is 6. The van der Waals surface area contributed by atoms with Gasteiger partial charge in [-0.2, -0.15) is 13.2 Å². The molecule has 12 heteroatoms. The molecule has 8 nitrogen and oxygen atoms in total. The number of hydrogen-bond donors (Lipinski definition) is 1. The Morgan fingerprint density at radius 2 is 1.94 bits per heavy atom. The van der Waals surface area contributed by atoms with Crippen molar-refractivity contribution in [3.8, 4) is 11.4 Å². The fourth-order valence-electron chi connectivity index (χ4n) is 2.83. The smallest absolute Gasteiger partial charge is 0.418 e. The van der Waals surface area contributed by atoms with Crippen LogP contribution in [0.1, 0.15) is 5.56 Å². The van der Waals surface area contributed by atoms with Gasteiger partial charge in [-0.25, -0.2) is 0 Å². The van der Waals surface area contributed by atoms with Crippen molar-refractivity contribution < 1.29 is 27.5 Å². The predicted molar refractivity (Wildman–Crippen MR) is 116 cm³/mol. The monoisotopic (exact) mass is 479 g/mol. The minimum atomic E-state index is -4.61. The Balaban J connectivity index is 1.58. The minimum absolute atomic E-state index is 0.0500. The first-order chi connectivity index (χ1) is 15.7. The minimum Gasteiger partial charge on any atom is -0.497 e. The van der Waals surface area contributed by atoms with Gasteiger partial charge in [0.05, 0.1) is 36.3 Å². The second-order valence-corrected chi connectivity index (χ2v) is 7.76. The van der Waals surface area contributed by atoms with Crippen LogP contribution in [0, 0.1) is 0 Å². The van der Waals surface area contributed by atoms with Crippen LogP contribution in [0.2, 0.25) is 0 Å². The Bertz CT molecular complexity index is 1140. The Hall–Kier alpha value is -3.54. The molecule has 0 bridgehead atoms. The first-order valence-corrected chi connectivity index (χ1v) is 10.5.